The highest BCUT2D eigenvalue weighted by molar-refractivity contribution is 4.87. The number of nitrogens with two attached hydrogens (primary N) is 1. The Morgan fingerprint density at radius 1 is 1.67 bits per heavy atom. The average Bonchev–Trinajstić information content (AvgIpc) is 2.47. The van der Waals surface area contributed by atoms with Crippen molar-refractivity contribution >= 4 is 0 Å². The lowest BCUT2D eigenvalue weighted by Crippen LogP contribution is -2.39. The monoisotopic (exact) mass is 176 g/mol. The van der Waals surface area contributed by atoms with Crippen LogP contribution in [0.5, 0.6) is 0 Å². The molecule has 0 amide bonds. The Kier molecular flexibility index (Phi) is 3.91. The van der Waals surface area contributed by atoms with E-state index in [1.54, 1.807) is 0 Å². The Morgan fingerprint density at radius 2 is 2.42 bits per heavy atom. The molecule has 1 aliphatic heterocycles. The third kappa shape index (κ3) is 2.40. The smallest absolute Gasteiger partial charge is 0.118 e. The number of halogens is 1. The van der Waals surface area contributed by atoms with Gasteiger partial charge in [0.15, 0.2) is 0 Å². The van der Waals surface area contributed by atoms with E-state index >= 15 is 0 Å². The summed E-state index contributed by atoms with van der Waals surface area (Å²) in [5.74, 6) is -0.0726. The molecule has 0 spiro atoms. The fraction of sp³-hybridized carbons (Fsp3) is 1.00. The van der Waals surface area contributed by atoms with Gasteiger partial charge in [0.1, 0.15) is 6.17 Å². The lowest BCUT2D eigenvalue weighted by atomic mass is 9.99. The molecular weight excluding hydrogens is 159 g/mol. The van der Waals surface area contributed by atoms with Crippen LogP contribution in [-0.2, 0) is 4.74 Å². The van der Waals surface area contributed by atoms with Gasteiger partial charge in [-0.2, -0.15) is 0 Å². The third-order valence-corrected chi connectivity index (χ3v) is 2.25. The molecule has 72 valence electrons. The van der Waals surface area contributed by atoms with Gasteiger partial charge >= 0.3 is 0 Å². The zero-order chi connectivity index (χ0) is 8.97. The van der Waals surface area contributed by atoms with Gasteiger partial charge in [0.05, 0.1) is 6.61 Å². The van der Waals surface area contributed by atoms with Crippen molar-refractivity contribution in [3.8, 4) is 0 Å². The van der Waals surface area contributed by atoms with Gasteiger partial charge in [-0.25, -0.2) is 4.39 Å². The van der Waals surface area contributed by atoms with E-state index in [1.807, 2.05) is 6.92 Å². The van der Waals surface area contributed by atoms with Crippen LogP contribution >= 0.6 is 0 Å². The van der Waals surface area contributed by atoms with E-state index in [2.05, 4.69) is 5.32 Å². The zero-order valence-electron chi connectivity index (χ0n) is 7.42. The van der Waals surface area contributed by atoms with E-state index in [4.69, 9.17) is 10.5 Å². The summed E-state index contributed by atoms with van der Waals surface area (Å²) in [4.78, 5) is 0. The summed E-state index contributed by atoms with van der Waals surface area (Å²) in [5, 5.41) is 2.97. The van der Waals surface area contributed by atoms with E-state index < -0.39 is 6.17 Å². The molecule has 1 fully saturated rings. The largest absolute Gasteiger partial charge is 0.380 e. The Balaban J connectivity index is 2.25. The Hall–Kier alpha value is -0.190. The van der Waals surface area contributed by atoms with Gasteiger partial charge in [-0.15, -0.1) is 0 Å². The van der Waals surface area contributed by atoms with Gasteiger partial charge in [-0.3, -0.25) is 0 Å². The molecule has 0 unspecified atom stereocenters. The van der Waals surface area contributed by atoms with Crippen LogP contribution in [0.25, 0.3) is 0 Å². The summed E-state index contributed by atoms with van der Waals surface area (Å²) in [6.45, 7) is 4.13. The van der Waals surface area contributed by atoms with Crippen molar-refractivity contribution in [1.82, 2.24) is 5.32 Å². The van der Waals surface area contributed by atoms with Crippen molar-refractivity contribution in [2.75, 3.05) is 26.3 Å². The van der Waals surface area contributed by atoms with Crippen LogP contribution in [0, 0.1) is 5.92 Å². The predicted molar refractivity (Wildman–Crippen MR) is 45.7 cm³/mol. The highest BCUT2D eigenvalue weighted by Gasteiger charge is 2.31. The molecule has 12 heavy (non-hydrogen) atoms. The minimum atomic E-state index is -0.805. The summed E-state index contributed by atoms with van der Waals surface area (Å²) in [5.41, 5.74) is 5.75. The van der Waals surface area contributed by atoms with E-state index in [0.717, 1.165) is 0 Å². The maximum absolute atomic E-state index is 13.1. The molecule has 1 aliphatic rings. The summed E-state index contributed by atoms with van der Waals surface area (Å²) in [7, 11) is 0. The maximum atomic E-state index is 13.1. The first kappa shape index (κ1) is 9.89. The number of hydrogen-bond donors (Lipinski definition) is 2. The summed E-state index contributed by atoms with van der Waals surface area (Å²) in [6, 6.07) is -0.171. The van der Waals surface area contributed by atoms with E-state index in [9.17, 15) is 4.39 Å². The minimum Gasteiger partial charge on any atom is -0.380 e. The van der Waals surface area contributed by atoms with Crippen LogP contribution in [0.15, 0.2) is 0 Å². The van der Waals surface area contributed by atoms with Crippen LogP contribution in [0.2, 0.25) is 0 Å². The van der Waals surface area contributed by atoms with Gasteiger partial charge in [0.2, 0.25) is 0 Å². The number of ether oxygens (including phenoxy) is 1. The Morgan fingerprint density at radius 3 is 2.92 bits per heavy atom. The molecule has 3 atom stereocenters. The Bertz CT molecular complexity index is 134. The van der Waals surface area contributed by atoms with Crippen LogP contribution in [0.3, 0.4) is 0 Å². The van der Waals surface area contributed by atoms with Gasteiger partial charge < -0.3 is 15.8 Å². The second-order valence-electron chi connectivity index (χ2n) is 3.16. The lowest BCUT2D eigenvalue weighted by molar-refractivity contribution is 0.105. The fourth-order valence-electron chi connectivity index (χ4n) is 1.46. The van der Waals surface area contributed by atoms with Crippen molar-refractivity contribution in [2.45, 2.75) is 19.1 Å². The van der Waals surface area contributed by atoms with E-state index in [1.165, 1.54) is 0 Å². The van der Waals surface area contributed by atoms with Gasteiger partial charge in [-0.1, -0.05) is 0 Å². The summed E-state index contributed by atoms with van der Waals surface area (Å²) >= 11 is 0. The topological polar surface area (TPSA) is 47.3 Å². The molecular formula is C8H17FN2O. The minimum absolute atomic E-state index is 0.0726. The summed E-state index contributed by atoms with van der Waals surface area (Å²) in [6.07, 6.45) is -0.805. The molecule has 0 aromatic carbocycles. The quantitative estimate of drug-likeness (QED) is 0.629. The molecule has 4 heteroatoms. The maximum Gasteiger partial charge on any atom is 0.118 e. The molecule has 1 saturated heterocycles. The lowest BCUT2D eigenvalue weighted by Gasteiger charge is -2.19. The van der Waals surface area contributed by atoms with E-state index in [0.29, 0.717) is 26.3 Å². The van der Waals surface area contributed by atoms with Crippen LogP contribution in [-0.4, -0.2) is 38.5 Å². The van der Waals surface area contributed by atoms with Crippen molar-refractivity contribution in [3.05, 3.63) is 0 Å². The molecule has 0 aromatic heterocycles. The molecule has 0 saturated carbocycles. The third-order valence-electron chi connectivity index (χ3n) is 2.25. The first-order valence-electron chi connectivity index (χ1n) is 4.43. The normalized spacial score (nSPS) is 32.2. The van der Waals surface area contributed by atoms with Crippen molar-refractivity contribution in [2.24, 2.45) is 11.7 Å². The van der Waals surface area contributed by atoms with Gasteiger partial charge in [-0.05, 0) is 6.92 Å². The average molecular weight is 176 g/mol. The Labute approximate surface area is 72.5 Å². The van der Waals surface area contributed by atoms with Crippen molar-refractivity contribution < 1.29 is 9.13 Å². The second kappa shape index (κ2) is 4.74. The van der Waals surface area contributed by atoms with Crippen LogP contribution < -0.4 is 11.1 Å². The highest BCUT2D eigenvalue weighted by atomic mass is 19.1. The SMILES string of the molecule is CCOC[C@@H](N)[C@H]1CNC[C@@H]1F. The molecule has 0 bridgehead atoms. The van der Waals surface area contributed by atoms with E-state index in [-0.39, 0.29) is 12.0 Å². The highest BCUT2D eigenvalue weighted by Crippen LogP contribution is 2.15. The first-order chi connectivity index (χ1) is 5.75. The predicted octanol–water partition coefficient (Wildman–Crippen LogP) is -0.0923. The number of alkyl halides is 1. The van der Waals surface area contributed by atoms with Crippen molar-refractivity contribution in [3.63, 3.8) is 0 Å². The standard InChI is InChI=1S/C8H17FN2O/c1-2-12-5-8(10)6-3-11-4-7(6)9/h6-8,11H,2-5,10H2,1H3/t6-,7-,8+/m0/s1. The fourth-order valence-corrected chi connectivity index (χ4v) is 1.46. The number of rotatable bonds is 4. The number of nitrogens with one attached hydrogen (secondary N) is 1. The summed E-state index contributed by atoms with van der Waals surface area (Å²) < 4.78 is 18.2. The molecule has 0 radical (unpaired) electrons. The molecule has 1 heterocycles. The molecule has 3 N–H and O–H groups in total. The molecule has 3 nitrogen and oxygen atoms in total. The van der Waals surface area contributed by atoms with Crippen LogP contribution in [0.4, 0.5) is 4.39 Å². The van der Waals surface area contributed by atoms with Crippen molar-refractivity contribution in [1.29, 1.82) is 0 Å². The molecule has 1 rings (SSSR count). The molecule has 0 aliphatic carbocycles. The van der Waals surface area contributed by atoms with Crippen LogP contribution in [0.1, 0.15) is 6.92 Å². The second-order valence-corrected chi connectivity index (χ2v) is 3.16. The number of hydrogen-bond acceptors (Lipinski definition) is 3. The van der Waals surface area contributed by atoms with Gasteiger partial charge in [0.25, 0.3) is 0 Å². The zero-order valence-corrected chi connectivity index (χ0v) is 7.42. The van der Waals surface area contributed by atoms with Gasteiger partial charge in [0, 0.05) is 31.7 Å². The molecule has 0 aromatic rings. The first-order valence-corrected chi connectivity index (χ1v) is 4.43.